The summed E-state index contributed by atoms with van der Waals surface area (Å²) in [6.07, 6.45) is 3.31. The zero-order chi connectivity index (χ0) is 17.4. The molecule has 25 heavy (non-hydrogen) atoms. The fraction of sp³-hybridized carbons (Fsp3) is 0.824. The first-order valence-electron chi connectivity index (χ1n) is 9.24. The van der Waals surface area contributed by atoms with E-state index in [1.54, 1.807) is 0 Å². The maximum absolute atomic E-state index is 4.81. The number of nitrogens with one attached hydrogen (secondary N) is 1. The van der Waals surface area contributed by atoms with E-state index < -0.39 is 0 Å². The van der Waals surface area contributed by atoms with Gasteiger partial charge >= 0.3 is 0 Å². The molecule has 1 N–H and O–H groups in total. The standard InChI is InChI=1S/C17H32N6S.HI/c1-5-15-20-17(24-21-15)23-12-10-22(11-13-23)16(18-6-2)19-9-7-8-14(3)4;/h14H,5-13H2,1-4H3,(H,18,19);1H. The molecule has 1 fully saturated rings. The highest BCUT2D eigenvalue weighted by Gasteiger charge is 2.21. The number of aromatic nitrogens is 2. The summed E-state index contributed by atoms with van der Waals surface area (Å²) < 4.78 is 4.40. The minimum Gasteiger partial charge on any atom is -0.357 e. The lowest BCUT2D eigenvalue weighted by Crippen LogP contribution is -2.52. The Balaban J connectivity index is 0.00000312. The van der Waals surface area contributed by atoms with Gasteiger partial charge in [0.25, 0.3) is 0 Å². The number of piperazine rings is 1. The number of rotatable bonds is 7. The first-order chi connectivity index (χ1) is 11.6. The molecule has 0 amide bonds. The lowest BCUT2D eigenvalue weighted by Gasteiger charge is -2.36. The van der Waals surface area contributed by atoms with Crippen molar-refractivity contribution < 1.29 is 0 Å². The normalized spacial score (nSPS) is 15.5. The molecule has 0 spiro atoms. The third-order valence-electron chi connectivity index (χ3n) is 4.16. The number of hydrogen-bond donors (Lipinski definition) is 1. The number of anilines is 1. The van der Waals surface area contributed by atoms with Gasteiger partial charge in [0.2, 0.25) is 5.13 Å². The minimum absolute atomic E-state index is 0. The molecule has 0 aliphatic carbocycles. The maximum atomic E-state index is 4.81. The van der Waals surface area contributed by atoms with Gasteiger partial charge in [-0.2, -0.15) is 4.37 Å². The van der Waals surface area contributed by atoms with Crippen molar-refractivity contribution in [3.05, 3.63) is 5.82 Å². The van der Waals surface area contributed by atoms with Crippen molar-refractivity contribution in [3.8, 4) is 0 Å². The van der Waals surface area contributed by atoms with Crippen LogP contribution >= 0.6 is 35.5 Å². The average molecular weight is 480 g/mol. The Labute approximate surface area is 173 Å². The van der Waals surface area contributed by atoms with E-state index in [2.05, 4.69) is 52.2 Å². The van der Waals surface area contributed by atoms with E-state index >= 15 is 0 Å². The predicted molar refractivity (Wildman–Crippen MR) is 119 cm³/mol. The smallest absolute Gasteiger partial charge is 0.205 e. The van der Waals surface area contributed by atoms with Crippen LogP contribution in [-0.2, 0) is 6.42 Å². The Bertz CT molecular complexity index is 511. The van der Waals surface area contributed by atoms with Gasteiger partial charge in [0.15, 0.2) is 5.96 Å². The molecule has 1 aliphatic heterocycles. The number of aryl methyl sites for hydroxylation is 1. The summed E-state index contributed by atoms with van der Waals surface area (Å²) in [4.78, 5) is 14.1. The second-order valence-electron chi connectivity index (χ2n) is 6.59. The van der Waals surface area contributed by atoms with Crippen molar-refractivity contribution in [2.45, 2.75) is 47.0 Å². The van der Waals surface area contributed by atoms with E-state index in [0.717, 1.165) is 74.9 Å². The minimum atomic E-state index is 0. The van der Waals surface area contributed by atoms with Crippen molar-refractivity contribution in [2.75, 3.05) is 44.2 Å². The first kappa shape index (κ1) is 22.4. The highest BCUT2D eigenvalue weighted by molar-refractivity contribution is 14.0. The second-order valence-corrected chi connectivity index (χ2v) is 7.32. The number of halogens is 1. The second kappa shape index (κ2) is 11.9. The summed E-state index contributed by atoms with van der Waals surface area (Å²) in [7, 11) is 0. The summed E-state index contributed by atoms with van der Waals surface area (Å²) in [6, 6.07) is 0. The summed E-state index contributed by atoms with van der Waals surface area (Å²) >= 11 is 1.52. The molecule has 0 atom stereocenters. The molecule has 1 aromatic heterocycles. The summed E-state index contributed by atoms with van der Waals surface area (Å²) in [5.41, 5.74) is 0. The Hall–Kier alpha value is -0.640. The zero-order valence-corrected chi connectivity index (χ0v) is 19.1. The van der Waals surface area contributed by atoms with Crippen LogP contribution in [0.5, 0.6) is 0 Å². The number of aliphatic imine (C=N–C) groups is 1. The van der Waals surface area contributed by atoms with Crippen LogP contribution in [0.2, 0.25) is 0 Å². The highest BCUT2D eigenvalue weighted by atomic mass is 127. The summed E-state index contributed by atoms with van der Waals surface area (Å²) in [5.74, 6) is 2.77. The third kappa shape index (κ3) is 7.24. The number of nitrogens with zero attached hydrogens (tertiary/aromatic N) is 5. The van der Waals surface area contributed by atoms with Gasteiger partial charge in [-0.15, -0.1) is 24.0 Å². The molecule has 1 saturated heterocycles. The number of hydrogen-bond acceptors (Lipinski definition) is 5. The van der Waals surface area contributed by atoms with Crippen LogP contribution < -0.4 is 10.2 Å². The van der Waals surface area contributed by atoms with Gasteiger partial charge in [-0.25, -0.2) is 4.98 Å². The third-order valence-corrected chi connectivity index (χ3v) is 4.97. The molecule has 8 heteroatoms. The molecule has 0 aromatic carbocycles. The first-order valence-corrected chi connectivity index (χ1v) is 10.0. The Morgan fingerprint density at radius 1 is 1.24 bits per heavy atom. The zero-order valence-electron chi connectivity index (χ0n) is 16.0. The fourth-order valence-corrected chi connectivity index (χ4v) is 3.54. The van der Waals surface area contributed by atoms with Crippen LogP contribution in [0.25, 0.3) is 0 Å². The molecule has 1 aromatic rings. The van der Waals surface area contributed by atoms with Crippen molar-refractivity contribution >= 4 is 46.6 Å². The topological polar surface area (TPSA) is 56.7 Å². The van der Waals surface area contributed by atoms with Crippen molar-refractivity contribution in [3.63, 3.8) is 0 Å². The van der Waals surface area contributed by atoms with E-state index in [9.17, 15) is 0 Å². The van der Waals surface area contributed by atoms with E-state index in [1.807, 2.05) is 0 Å². The monoisotopic (exact) mass is 480 g/mol. The molecule has 6 nitrogen and oxygen atoms in total. The maximum Gasteiger partial charge on any atom is 0.205 e. The van der Waals surface area contributed by atoms with Crippen LogP contribution in [0.15, 0.2) is 4.99 Å². The molecule has 2 rings (SSSR count). The van der Waals surface area contributed by atoms with Crippen molar-refractivity contribution in [1.29, 1.82) is 0 Å². The lowest BCUT2D eigenvalue weighted by molar-refractivity contribution is 0.372. The molecule has 0 unspecified atom stereocenters. The van der Waals surface area contributed by atoms with E-state index in [-0.39, 0.29) is 24.0 Å². The lowest BCUT2D eigenvalue weighted by atomic mass is 10.1. The molecular formula is C17H33IN6S. The Morgan fingerprint density at radius 3 is 2.52 bits per heavy atom. The van der Waals surface area contributed by atoms with Gasteiger partial charge in [0.1, 0.15) is 5.82 Å². The molecule has 2 heterocycles. The largest absolute Gasteiger partial charge is 0.357 e. The Kier molecular flexibility index (Phi) is 10.6. The van der Waals surface area contributed by atoms with Crippen LogP contribution in [0, 0.1) is 5.92 Å². The van der Waals surface area contributed by atoms with Gasteiger partial charge in [-0.05, 0) is 25.7 Å². The molecule has 0 radical (unpaired) electrons. The summed E-state index contributed by atoms with van der Waals surface area (Å²) in [6.45, 7) is 14.5. The Morgan fingerprint density at radius 2 is 1.96 bits per heavy atom. The van der Waals surface area contributed by atoms with Crippen molar-refractivity contribution in [1.82, 2.24) is 19.6 Å². The highest BCUT2D eigenvalue weighted by Crippen LogP contribution is 2.19. The molecule has 1 aliphatic rings. The van der Waals surface area contributed by atoms with Gasteiger partial charge in [-0.3, -0.25) is 4.99 Å². The van der Waals surface area contributed by atoms with Crippen LogP contribution in [0.3, 0.4) is 0 Å². The van der Waals surface area contributed by atoms with E-state index in [1.165, 1.54) is 18.0 Å². The summed E-state index contributed by atoms with van der Waals surface area (Å²) in [5, 5.41) is 4.50. The average Bonchev–Trinajstić information content (AvgIpc) is 3.07. The van der Waals surface area contributed by atoms with E-state index in [4.69, 9.17) is 4.99 Å². The van der Waals surface area contributed by atoms with Gasteiger partial charge in [-0.1, -0.05) is 20.8 Å². The van der Waals surface area contributed by atoms with Gasteiger partial charge < -0.3 is 15.1 Å². The fourth-order valence-electron chi connectivity index (χ4n) is 2.74. The molecule has 0 bridgehead atoms. The SMILES string of the molecule is CCNC(=NCCCC(C)C)N1CCN(c2nc(CC)ns2)CC1.I. The van der Waals surface area contributed by atoms with Crippen LogP contribution in [0.4, 0.5) is 5.13 Å². The van der Waals surface area contributed by atoms with E-state index in [0.29, 0.717) is 0 Å². The van der Waals surface area contributed by atoms with Gasteiger partial charge in [0.05, 0.1) is 0 Å². The quantitative estimate of drug-likeness (QED) is 0.281. The van der Waals surface area contributed by atoms with Gasteiger partial charge in [0, 0.05) is 57.2 Å². The number of guanidine groups is 1. The molecular weight excluding hydrogens is 447 g/mol. The molecule has 0 saturated carbocycles. The molecule has 144 valence electrons. The van der Waals surface area contributed by atoms with Crippen molar-refractivity contribution in [2.24, 2.45) is 10.9 Å². The predicted octanol–water partition coefficient (Wildman–Crippen LogP) is 3.24. The van der Waals surface area contributed by atoms with Crippen LogP contribution in [-0.4, -0.2) is 59.5 Å². The van der Waals surface area contributed by atoms with Crippen LogP contribution in [0.1, 0.15) is 46.4 Å².